The summed E-state index contributed by atoms with van der Waals surface area (Å²) in [6.45, 7) is 4.61. The first-order valence-electron chi connectivity index (χ1n) is 8.78. The molecule has 0 spiro atoms. The van der Waals surface area contributed by atoms with E-state index in [9.17, 15) is 0 Å². The van der Waals surface area contributed by atoms with Crippen LogP contribution in [-0.4, -0.2) is 6.04 Å². The van der Waals surface area contributed by atoms with Crippen molar-refractivity contribution < 1.29 is 0 Å². The zero-order valence-electron chi connectivity index (χ0n) is 13.8. The topological polar surface area (TPSA) is 38.0 Å². The summed E-state index contributed by atoms with van der Waals surface area (Å²) in [7, 11) is 0. The molecule has 0 aromatic heterocycles. The Hall–Kier alpha value is -0.860. The van der Waals surface area contributed by atoms with Crippen LogP contribution in [0, 0.1) is 5.92 Å². The quantitative estimate of drug-likeness (QED) is 0.571. The summed E-state index contributed by atoms with van der Waals surface area (Å²) in [4.78, 5) is 0. The predicted molar refractivity (Wildman–Crippen MR) is 91.0 cm³/mol. The Morgan fingerprint density at radius 1 is 1.05 bits per heavy atom. The van der Waals surface area contributed by atoms with Crippen molar-refractivity contribution in [3.63, 3.8) is 0 Å². The minimum Gasteiger partial charge on any atom is -0.271 e. The molecule has 2 heteroatoms. The largest absolute Gasteiger partial charge is 0.271 e. The maximum absolute atomic E-state index is 6.03. The molecule has 0 amide bonds. The zero-order valence-corrected chi connectivity index (χ0v) is 13.8. The highest BCUT2D eigenvalue weighted by Gasteiger charge is 2.41. The third-order valence-corrected chi connectivity index (χ3v) is 5.69. The van der Waals surface area contributed by atoms with Crippen molar-refractivity contribution in [2.75, 3.05) is 0 Å². The SMILES string of the molecule is CCC(CC)CC(NN)C1(c2ccccc2)CCCCC1. The van der Waals surface area contributed by atoms with Gasteiger partial charge in [0, 0.05) is 11.5 Å². The molecule has 0 aliphatic heterocycles. The Balaban J connectivity index is 2.29. The van der Waals surface area contributed by atoms with Crippen LogP contribution in [0.25, 0.3) is 0 Å². The van der Waals surface area contributed by atoms with Gasteiger partial charge >= 0.3 is 0 Å². The van der Waals surface area contributed by atoms with E-state index in [4.69, 9.17) is 5.84 Å². The fourth-order valence-electron chi connectivity index (χ4n) is 4.20. The van der Waals surface area contributed by atoms with Crippen molar-refractivity contribution in [2.24, 2.45) is 11.8 Å². The number of hydrogen-bond donors (Lipinski definition) is 2. The highest BCUT2D eigenvalue weighted by molar-refractivity contribution is 5.28. The molecule has 2 rings (SSSR count). The van der Waals surface area contributed by atoms with Gasteiger partial charge in [-0.05, 0) is 30.7 Å². The predicted octanol–water partition coefficient (Wildman–Crippen LogP) is 4.55. The molecule has 0 bridgehead atoms. The van der Waals surface area contributed by atoms with Crippen molar-refractivity contribution in [2.45, 2.75) is 76.7 Å². The molecule has 1 aliphatic carbocycles. The smallest absolute Gasteiger partial charge is 0.0309 e. The highest BCUT2D eigenvalue weighted by atomic mass is 15.2. The number of nitrogens with two attached hydrogens (primary N) is 1. The van der Waals surface area contributed by atoms with E-state index in [-0.39, 0.29) is 5.41 Å². The second kappa shape index (κ2) is 7.95. The van der Waals surface area contributed by atoms with Gasteiger partial charge in [-0.2, -0.15) is 0 Å². The van der Waals surface area contributed by atoms with Crippen LogP contribution >= 0.6 is 0 Å². The lowest BCUT2D eigenvalue weighted by Crippen LogP contribution is -2.53. The molecule has 1 aromatic rings. The monoisotopic (exact) mass is 288 g/mol. The summed E-state index contributed by atoms with van der Waals surface area (Å²) >= 11 is 0. The number of rotatable bonds is 7. The summed E-state index contributed by atoms with van der Waals surface area (Å²) in [6.07, 6.45) is 10.3. The molecule has 118 valence electrons. The van der Waals surface area contributed by atoms with Gasteiger partial charge in [0.1, 0.15) is 0 Å². The summed E-state index contributed by atoms with van der Waals surface area (Å²) in [5.74, 6) is 6.81. The first kappa shape index (κ1) is 16.5. The van der Waals surface area contributed by atoms with E-state index in [2.05, 4.69) is 49.6 Å². The molecule has 1 saturated carbocycles. The Bertz CT molecular complexity index is 391. The first-order chi connectivity index (χ1) is 10.3. The van der Waals surface area contributed by atoms with Crippen molar-refractivity contribution in [1.82, 2.24) is 5.43 Å². The number of nitrogens with one attached hydrogen (secondary N) is 1. The van der Waals surface area contributed by atoms with Gasteiger partial charge in [0.05, 0.1) is 0 Å². The lowest BCUT2D eigenvalue weighted by Gasteiger charge is -2.45. The molecule has 0 radical (unpaired) electrons. The molecule has 1 aromatic carbocycles. The second-order valence-electron chi connectivity index (χ2n) is 6.72. The molecule has 0 saturated heterocycles. The van der Waals surface area contributed by atoms with Gasteiger partial charge in [-0.15, -0.1) is 0 Å². The fraction of sp³-hybridized carbons (Fsp3) is 0.684. The average Bonchev–Trinajstić information content (AvgIpc) is 2.57. The molecular weight excluding hydrogens is 256 g/mol. The van der Waals surface area contributed by atoms with Gasteiger partial charge in [0.2, 0.25) is 0 Å². The Labute approximate surface area is 130 Å². The minimum absolute atomic E-state index is 0.233. The van der Waals surface area contributed by atoms with Gasteiger partial charge in [-0.1, -0.05) is 76.3 Å². The zero-order chi connectivity index (χ0) is 15.1. The Kier molecular flexibility index (Phi) is 6.25. The Morgan fingerprint density at radius 2 is 1.67 bits per heavy atom. The highest BCUT2D eigenvalue weighted by Crippen LogP contribution is 2.44. The van der Waals surface area contributed by atoms with Crippen molar-refractivity contribution in [1.29, 1.82) is 0 Å². The van der Waals surface area contributed by atoms with Crippen LogP contribution in [0.4, 0.5) is 0 Å². The van der Waals surface area contributed by atoms with E-state index in [0.717, 1.165) is 5.92 Å². The van der Waals surface area contributed by atoms with E-state index in [1.165, 1.54) is 56.9 Å². The van der Waals surface area contributed by atoms with Crippen LogP contribution in [0.5, 0.6) is 0 Å². The van der Waals surface area contributed by atoms with Gasteiger partial charge in [0.25, 0.3) is 0 Å². The lowest BCUT2D eigenvalue weighted by molar-refractivity contribution is 0.183. The van der Waals surface area contributed by atoms with Crippen LogP contribution in [0.1, 0.15) is 70.8 Å². The molecule has 1 unspecified atom stereocenters. The van der Waals surface area contributed by atoms with Gasteiger partial charge < -0.3 is 0 Å². The normalized spacial score (nSPS) is 19.6. The summed E-state index contributed by atoms with van der Waals surface area (Å²) in [5.41, 5.74) is 4.93. The van der Waals surface area contributed by atoms with Crippen LogP contribution in [0.2, 0.25) is 0 Å². The van der Waals surface area contributed by atoms with E-state index in [1.807, 2.05) is 0 Å². The third kappa shape index (κ3) is 3.67. The molecule has 1 fully saturated rings. The minimum atomic E-state index is 0.233. The van der Waals surface area contributed by atoms with E-state index >= 15 is 0 Å². The van der Waals surface area contributed by atoms with E-state index in [1.54, 1.807) is 0 Å². The third-order valence-electron chi connectivity index (χ3n) is 5.69. The number of benzene rings is 1. The number of hydrazine groups is 1. The van der Waals surface area contributed by atoms with Crippen molar-refractivity contribution >= 4 is 0 Å². The molecular formula is C19H32N2. The molecule has 21 heavy (non-hydrogen) atoms. The van der Waals surface area contributed by atoms with E-state index in [0.29, 0.717) is 6.04 Å². The molecule has 1 aliphatic rings. The van der Waals surface area contributed by atoms with Crippen molar-refractivity contribution in [3.05, 3.63) is 35.9 Å². The van der Waals surface area contributed by atoms with Gasteiger partial charge in [0.15, 0.2) is 0 Å². The maximum atomic E-state index is 6.03. The summed E-state index contributed by atoms with van der Waals surface area (Å²) in [6, 6.07) is 11.5. The number of hydrogen-bond acceptors (Lipinski definition) is 2. The molecule has 2 nitrogen and oxygen atoms in total. The van der Waals surface area contributed by atoms with Gasteiger partial charge in [-0.25, -0.2) is 0 Å². The van der Waals surface area contributed by atoms with Crippen LogP contribution in [0.15, 0.2) is 30.3 Å². The fourth-order valence-corrected chi connectivity index (χ4v) is 4.20. The molecule has 0 heterocycles. The average molecular weight is 288 g/mol. The van der Waals surface area contributed by atoms with Crippen molar-refractivity contribution in [3.8, 4) is 0 Å². The van der Waals surface area contributed by atoms with Crippen LogP contribution in [0.3, 0.4) is 0 Å². The summed E-state index contributed by atoms with van der Waals surface area (Å²) in [5, 5.41) is 0. The standard InChI is InChI=1S/C19H32N2/c1-3-16(4-2)15-18(21-20)19(13-9-6-10-14-19)17-11-7-5-8-12-17/h5,7-8,11-12,16,18,21H,3-4,6,9-10,13-15,20H2,1-2H3. The molecule has 1 atom stereocenters. The first-order valence-corrected chi connectivity index (χ1v) is 8.78. The summed E-state index contributed by atoms with van der Waals surface area (Å²) < 4.78 is 0. The maximum Gasteiger partial charge on any atom is 0.0309 e. The Morgan fingerprint density at radius 3 is 2.19 bits per heavy atom. The van der Waals surface area contributed by atoms with Gasteiger partial charge in [-0.3, -0.25) is 11.3 Å². The van der Waals surface area contributed by atoms with Crippen LogP contribution in [-0.2, 0) is 5.41 Å². The second-order valence-corrected chi connectivity index (χ2v) is 6.72. The van der Waals surface area contributed by atoms with Crippen LogP contribution < -0.4 is 11.3 Å². The lowest BCUT2D eigenvalue weighted by atomic mass is 9.63. The molecule has 3 N–H and O–H groups in total. The van der Waals surface area contributed by atoms with E-state index < -0.39 is 0 Å².